The van der Waals surface area contributed by atoms with Crippen LogP contribution in [0, 0.1) is 6.92 Å². The smallest absolute Gasteiger partial charge is 0.188 e. The van der Waals surface area contributed by atoms with Gasteiger partial charge in [0, 0.05) is 25.0 Å². The first kappa shape index (κ1) is 12.3. The Hall–Kier alpha value is -2.21. The van der Waals surface area contributed by atoms with E-state index in [-0.39, 0.29) is 11.6 Å². The fraction of sp³-hybridized carbons (Fsp3) is 0.250. The van der Waals surface area contributed by atoms with E-state index in [4.69, 9.17) is 11.5 Å². The Labute approximate surface area is 105 Å². The molecule has 0 aromatic carbocycles. The number of nitrogens with two attached hydrogens (primary N) is 2. The van der Waals surface area contributed by atoms with E-state index < -0.39 is 6.04 Å². The van der Waals surface area contributed by atoms with Gasteiger partial charge >= 0.3 is 0 Å². The van der Waals surface area contributed by atoms with E-state index in [9.17, 15) is 4.79 Å². The molecule has 6 heteroatoms. The lowest BCUT2D eigenvalue weighted by molar-refractivity contribution is 0.0961. The SMILES string of the molecule is Cc1ccnc(N)c1C(=O)C(N)c1cnn(C)c1. The highest BCUT2D eigenvalue weighted by Gasteiger charge is 2.23. The lowest BCUT2D eigenvalue weighted by Gasteiger charge is -2.12. The molecule has 1 unspecified atom stereocenters. The molecule has 0 saturated carbocycles. The first-order chi connectivity index (χ1) is 8.50. The van der Waals surface area contributed by atoms with E-state index in [1.54, 1.807) is 43.3 Å². The summed E-state index contributed by atoms with van der Waals surface area (Å²) in [5, 5.41) is 4.00. The molecule has 0 aliphatic rings. The Bertz CT molecular complexity index is 570. The van der Waals surface area contributed by atoms with Gasteiger partial charge in [-0.25, -0.2) is 4.98 Å². The molecule has 0 aliphatic carbocycles. The number of aromatic nitrogens is 3. The van der Waals surface area contributed by atoms with Crippen molar-refractivity contribution in [2.45, 2.75) is 13.0 Å². The topological polar surface area (TPSA) is 99.8 Å². The molecule has 6 nitrogen and oxygen atoms in total. The van der Waals surface area contributed by atoms with Crippen LogP contribution < -0.4 is 11.5 Å². The van der Waals surface area contributed by atoms with Crippen molar-refractivity contribution in [3.8, 4) is 0 Å². The summed E-state index contributed by atoms with van der Waals surface area (Å²) >= 11 is 0. The van der Waals surface area contributed by atoms with Crippen LogP contribution in [0.1, 0.15) is 27.5 Å². The van der Waals surface area contributed by atoms with Gasteiger partial charge in [-0.15, -0.1) is 0 Å². The van der Waals surface area contributed by atoms with Crippen molar-refractivity contribution in [1.29, 1.82) is 0 Å². The quantitative estimate of drug-likeness (QED) is 0.771. The van der Waals surface area contributed by atoms with Gasteiger partial charge in [0.15, 0.2) is 5.78 Å². The van der Waals surface area contributed by atoms with Crippen LogP contribution in [0.3, 0.4) is 0 Å². The van der Waals surface area contributed by atoms with Crippen LogP contribution in [0.2, 0.25) is 0 Å². The third-order valence-electron chi connectivity index (χ3n) is 2.80. The zero-order chi connectivity index (χ0) is 13.3. The molecule has 94 valence electrons. The molecule has 1 atom stereocenters. The van der Waals surface area contributed by atoms with E-state index >= 15 is 0 Å². The Balaban J connectivity index is 2.37. The van der Waals surface area contributed by atoms with E-state index in [0.717, 1.165) is 5.56 Å². The molecule has 0 aliphatic heterocycles. The molecule has 2 rings (SSSR count). The molecular weight excluding hydrogens is 230 g/mol. The Morgan fingerprint density at radius 3 is 2.78 bits per heavy atom. The molecule has 0 radical (unpaired) electrons. The Kier molecular flexibility index (Phi) is 3.12. The Morgan fingerprint density at radius 1 is 1.50 bits per heavy atom. The number of ketones is 1. The number of pyridine rings is 1. The van der Waals surface area contributed by atoms with Gasteiger partial charge in [-0.1, -0.05) is 0 Å². The van der Waals surface area contributed by atoms with Gasteiger partial charge in [0.1, 0.15) is 5.82 Å². The van der Waals surface area contributed by atoms with E-state index in [0.29, 0.717) is 11.1 Å². The summed E-state index contributed by atoms with van der Waals surface area (Å²) in [6.07, 6.45) is 4.85. The summed E-state index contributed by atoms with van der Waals surface area (Å²) < 4.78 is 1.60. The highest BCUT2D eigenvalue weighted by Crippen LogP contribution is 2.21. The maximum atomic E-state index is 12.3. The van der Waals surface area contributed by atoms with Crippen molar-refractivity contribution in [3.63, 3.8) is 0 Å². The molecule has 2 aromatic rings. The number of hydrogen-bond donors (Lipinski definition) is 2. The first-order valence-electron chi connectivity index (χ1n) is 5.50. The first-order valence-corrected chi connectivity index (χ1v) is 5.50. The van der Waals surface area contributed by atoms with Crippen molar-refractivity contribution in [3.05, 3.63) is 41.3 Å². The summed E-state index contributed by atoms with van der Waals surface area (Å²) in [5.74, 6) is -0.0366. The predicted molar refractivity (Wildman–Crippen MR) is 67.9 cm³/mol. The minimum Gasteiger partial charge on any atom is -0.383 e. The van der Waals surface area contributed by atoms with Gasteiger partial charge in [-0.2, -0.15) is 5.10 Å². The van der Waals surface area contributed by atoms with Crippen molar-refractivity contribution in [1.82, 2.24) is 14.8 Å². The zero-order valence-electron chi connectivity index (χ0n) is 10.3. The minimum absolute atomic E-state index is 0.208. The second kappa shape index (κ2) is 4.58. The van der Waals surface area contributed by atoms with Crippen LogP contribution in [-0.2, 0) is 7.05 Å². The average molecular weight is 245 g/mol. The third-order valence-corrected chi connectivity index (χ3v) is 2.80. The van der Waals surface area contributed by atoms with Crippen molar-refractivity contribution in [2.24, 2.45) is 12.8 Å². The third kappa shape index (κ3) is 2.10. The zero-order valence-corrected chi connectivity index (χ0v) is 10.3. The van der Waals surface area contributed by atoms with Crippen molar-refractivity contribution >= 4 is 11.6 Å². The molecule has 4 N–H and O–H groups in total. The van der Waals surface area contributed by atoms with Gasteiger partial charge in [-0.05, 0) is 18.6 Å². The van der Waals surface area contributed by atoms with Gasteiger partial charge in [0.2, 0.25) is 0 Å². The molecule has 0 fully saturated rings. The molecule has 0 spiro atoms. The molecule has 0 bridgehead atoms. The van der Waals surface area contributed by atoms with E-state index in [1.807, 2.05) is 0 Å². The highest BCUT2D eigenvalue weighted by atomic mass is 16.1. The summed E-state index contributed by atoms with van der Waals surface area (Å²) in [6, 6.07) is 0.962. The second-order valence-electron chi connectivity index (χ2n) is 4.18. The largest absolute Gasteiger partial charge is 0.383 e. The number of rotatable bonds is 3. The monoisotopic (exact) mass is 245 g/mol. The fourth-order valence-corrected chi connectivity index (χ4v) is 1.81. The normalized spacial score (nSPS) is 12.4. The van der Waals surface area contributed by atoms with Crippen LogP contribution in [-0.4, -0.2) is 20.5 Å². The number of aryl methyl sites for hydroxylation is 2. The maximum Gasteiger partial charge on any atom is 0.188 e. The number of carbonyl (C=O) groups excluding carboxylic acids is 1. The fourth-order valence-electron chi connectivity index (χ4n) is 1.81. The van der Waals surface area contributed by atoms with Gasteiger partial charge in [0.05, 0.1) is 17.8 Å². The van der Waals surface area contributed by atoms with Gasteiger partial charge < -0.3 is 11.5 Å². The van der Waals surface area contributed by atoms with Crippen LogP contribution in [0.4, 0.5) is 5.82 Å². The van der Waals surface area contributed by atoms with Crippen LogP contribution in [0.25, 0.3) is 0 Å². The van der Waals surface area contributed by atoms with Crippen LogP contribution >= 0.6 is 0 Å². The second-order valence-corrected chi connectivity index (χ2v) is 4.18. The number of carbonyl (C=O) groups is 1. The summed E-state index contributed by atoms with van der Waals surface area (Å²) in [4.78, 5) is 16.2. The number of nitrogens with zero attached hydrogens (tertiary/aromatic N) is 3. The van der Waals surface area contributed by atoms with E-state index in [2.05, 4.69) is 10.1 Å². The molecule has 0 saturated heterocycles. The highest BCUT2D eigenvalue weighted by molar-refractivity contribution is 6.05. The average Bonchev–Trinajstić information content (AvgIpc) is 2.74. The van der Waals surface area contributed by atoms with Crippen molar-refractivity contribution in [2.75, 3.05) is 5.73 Å². The number of nitrogen functional groups attached to an aromatic ring is 1. The molecule has 0 amide bonds. The van der Waals surface area contributed by atoms with E-state index in [1.165, 1.54) is 0 Å². The lowest BCUT2D eigenvalue weighted by atomic mass is 9.98. The van der Waals surface area contributed by atoms with Crippen LogP contribution in [0.5, 0.6) is 0 Å². The summed E-state index contributed by atoms with van der Waals surface area (Å²) in [6.45, 7) is 1.81. The number of Topliss-reactive ketones (excluding diaryl/α,β-unsaturated/α-hetero) is 1. The summed E-state index contributed by atoms with van der Waals surface area (Å²) in [5.41, 5.74) is 13.5. The minimum atomic E-state index is -0.774. The molecular formula is C12H15N5O. The summed E-state index contributed by atoms with van der Waals surface area (Å²) in [7, 11) is 1.77. The molecule has 18 heavy (non-hydrogen) atoms. The molecule has 2 aromatic heterocycles. The van der Waals surface area contributed by atoms with Crippen LogP contribution in [0.15, 0.2) is 24.7 Å². The van der Waals surface area contributed by atoms with Crippen molar-refractivity contribution < 1.29 is 4.79 Å². The maximum absolute atomic E-state index is 12.3. The van der Waals surface area contributed by atoms with Gasteiger partial charge in [0.25, 0.3) is 0 Å². The van der Waals surface area contributed by atoms with Gasteiger partial charge in [-0.3, -0.25) is 9.48 Å². The number of hydrogen-bond acceptors (Lipinski definition) is 5. The predicted octanol–water partition coefficient (Wildman–Crippen LogP) is 0.588. The standard InChI is InChI=1S/C12H15N5O/c1-7-3-4-15-12(14)9(7)11(18)10(13)8-5-16-17(2)6-8/h3-6,10H,13H2,1-2H3,(H2,14,15). The lowest BCUT2D eigenvalue weighted by Crippen LogP contribution is -2.23. The number of anilines is 1. The Morgan fingerprint density at radius 2 is 2.22 bits per heavy atom. The molecule has 2 heterocycles.